The summed E-state index contributed by atoms with van der Waals surface area (Å²) in [6.45, 7) is 3.25. The third-order valence-electron chi connectivity index (χ3n) is 4.08. The van der Waals surface area contributed by atoms with Crippen LogP contribution in [-0.4, -0.2) is 35.0 Å². The highest BCUT2D eigenvalue weighted by atomic mass is 35.5. The summed E-state index contributed by atoms with van der Waals surface area (Å²) in [7, 11) is 0. The molecule has 0 aliphatic carbocycles. The summed E-state index contributed by atoms with van der Waals surface area (Å²) in [5, 5.41) is 11.0. The van der Waals surface area contributed by atoms with Gasteiger partial charge in [-0.3, -0.25) is 9.69 Å². The van der Waals surface area contributed by atoms with Crippen LogP contribution in [0.15, 0.2) is 24.3 Å². The van der Waals surface area contributed by atoms with Gasteiger partial charge in [0, 0.05) is 24.2 Å². The Hall–Kier alpha value is -1.10. The molecule has 3 N–H and O–H groups in total. The molecular formula is C15H21ClN2O2. The molecule has 110 valence electrons. The monoisotopic (exact) mass is 296 g/mol. The number of nitrogens with zero attached hydrogens (tertiary/aromatic N) is 1. The van der Waals surface area contributed by atoms with Crippen molar-refractivity contribution in [2.24, 2.45) is 11.7 Å². The van der Waals surface area contributed by atoms with Crippen LogP contribution in [0, 0.1) is 5.92 Å². The van der Waals surface area contributed by atoms with E-state index in [1.807, 2.05) is 12.1 Å². The van der Waals surface area contributed by atoms with Crippen LogP contribution in [0.1, 0.15) is 31.4 Å². The number of piperidine rings is 1. The van der Waals surface area contributed by atoms with Gasteiger partial charge in [-0.25, -0.2) is 0 Å². The molecule has 5 heteroatoms. The molecule has 2 rings (SSSR count). The fourth-order valence-corrected chi connectivity index (χ4v) is 2.80. The molecular weight excluding hydrogens is 276 g/mol. The first-order valence-corrected chi connectivity index (χ1v) is 7.32. The molecule has 20 heavy (non-hydrogen) atoms. The normalized spacial score (nSPS) is 25.4. The van der Waals surface area contributed by atoms with Gasteiger partial charge in [0.05, 0.1) is 12.0 Å². The fourth-order valence-electron chi connectivity index (χ4n) is 2.68. The summed E-state index contributed by atoms with van der Waals surface area (Å²) in [6, 6.07) is 7.55. The van der Waals surface area contributed by atoms with Gasteiger partial charge in [-0.05, 0) is 37.5 Å². The van der Waals surface area contributed by atoms with Crippen molar-refractivity contribution >= 4 is 17.5 Å². The molecule has 4 nitrogen and oxygen atoms in total. The molecule has 1 saturated heterocycles. The van der Waals surface area contributed by atoms with Crippen molar-refractivity contribution in [3.05, 3.63) is 34.9 Å². The third-order valence-corrected chi connectivity index (χ3v) is 4.33. The minimum atomic E-state index is -0.582. The maximum atomic E-state index is 11.3. The van der Waals surface area contributed by atoms with Crippen molar-refractivity contribution in [2.75, 3.05) is 13.1 Å². The first kappa shape index (κ1) is 15.3. The average molecular weight is 297 g/mol. The zero-order chi connectivity index (χ0) is 14.7. The van der Waals surface area contributed by atoms with Gasteiger partial charge in [0.1, 0.15) is 0 Å². The molecule has 0 aromatic heterocycles. The number of primary amides is 1. The van der Waals surface area contributed by atoms with Crippen LogP contribution < -0.4 is 5.73 Å². The lowest BCUT2D eigenvalue weighted by molar-refractivity contribution is -0.124. The fraction of sp³-hybridized carbons (Fsp3) is 0.533. The number of benzene rings is 1. The van der Waals surface area contributed by atoms with Crippen LogP contribution in [0.4, 0.5) is 0 Å². The first-order chi connectivity index (χ1) is 9.47. The summed E-state index contributed by atoms with van der Waals surface area (Å²) in [5.74, 6) is -0.355. The molecule has 1 aliphatic rings. The maximum Gasteiger partial charge on any atom is 0.221 e. The predicted octanol–water partition coefficient (Wildman–Crippen LogP) is 1.96. The van der Waals surface area contributed by atoms with Gasteiger partial charge in [-0.15, -0.1) is 0 Å². The first-order valence-electron chi connectivity index (χ1n) is 6.94. The summed E-state index contributed by atoms with van der Waals surface area (Å²) >= 11 is 5.84. The second-order valence-electron chi connectivity index (χ2n) is 5.55. The molecule has 0 saturated carbocycles. The smallest absolute Gasteiger partial charge is 0.221 e. The summed E-state index contributed by atoms with van der Waals surface area (Å²) in [5.41, 5.74) is 6.23. The zero-order valence-electron chi connectivity index (χ0n) is 11.6. The Morgan fingerprint density at radius 1 is 1.45 bits per heavy atom. The van der Waals surface area contributed by atoms with E-state index < -0.39 is 6.10 Å². The molecule has 1 aromatic rings. The molecule has 3 atom stereocenters. The zero-order valence-corrected chi connectivity index (χ0v) is 12.4. The van der Waals surface area contributed by atoms with Crippen LogP contribution in [0.5, 0.6) is 0 Å². The quantitative estimate of drug-likeness (QED) is 0.892. The van der Waals surface area contributed by atoms with Gasteiger partial charge in [0.15, 0.2) is 0 Å². The lowest BCUT2D eigenvalue weighted by Gasteiger charge is -2.38. The highest BCUT2D eigenvalue weighted by molar-refractivity contribution is 6.30. The number of hydrogen-bond donors (Lipinski definition) is 2. The second-order valence-corrected chi connectivity index (χ2v) is 5.98. The number of nitrogens with two attached hydrogens (primary N) is 1. The number of carbonyl (C=O) groups excluding carboxylic acids is 1. The summed E-state index contributed by atoms with van der Waals surface area (Å²) in [6.07, 6.45) is 1.19. The van der Waals surface area contributed by atoms with Crippen LogP contribution in [0.25, 0.3) is 0 Å². The molecule has 1 fully saturated rings. The molecule has 3 unspecified atom stereocenters. The minimum absolute atomic E-state index is 0.108. The Labute approximate surface area is 124 Å². The van der Waals surface area contributed by atoms with Gasteiger partial charge in [-0.1, -0.05) is 23.7 Å². The Morgan fingerprint density at radius 3 is 2.70 bits per heavy atom. The van der Waals surface area contributed by atoms with E-state index in [1.165, 1.54) is 0 Å². The van der Waals surface area contributed by atoms with Crippen LogP contribution in [0.3, 0.4) is 0 Å². The molecule has 1 amide bonds. The van der Waals surface area contributed by atoms with E-state index in [-0.39, 0.29) is 11.8 Å². The molecule has 1 aromatic carbocycles. The predicted molar refractivity (Wildman–Crippen MR) is 79.4 cm³/mol. The number of aliphatic hydroxyl groups is 1. The average Bonchev–Trinajstić information content (AvgIpc) is 2.41. The number of amides is 1. The molecule has 0 radical (unpaired) electrons. The Morgan fingerprint density at radius 2 is 2.10 bits per heavy atom. The number of carbonyl (C=O) groups is 1. The van der Waals surface area contributed by atoms with Crippen molar-refractivity contribution < 1.29 is 9.90 Å². The molecule has 0 spiro atoms. The van der Waals surface area contributed by atoms with Gasteiger partial charge in [0.2, 0.25) is 5.91 Å². The van der Waals surface area contributed by atoms with Crippen molar-refractivity contribution in [1.29, 1.82) is 0 Å². The van der Waals surface area contributed by atoms with E-state index >= 15 is 0 Å². The number of aliphatic hydroxyl groups excluding tert-OH is 1. The Balaban J connectivity index is 2.00. The van der Waals surface area contributed by atoms with Gasteiger partial charge in [-0.2, -0.15) is 0 Å². The summed E-state index contributed by atoms with van der Waals surface area (Å²) in [4.78, 5) is 13.5. The third kappa shape index (κ3) is 3.72. The number of hydrogen-bond acceptors (Lipinski definition) is 3. The minimum Gasteiger partial charge on any atom is -0.387 e. The van der Waals surface area contributed by atoms with Gasteiger partial charge < -0.3 is 10.8 Å². The lowest BCUT2D eigenvalue weighted by Crippen LogP contribution is -2.47. The lowest BCUT2D eigenvalue weighted by atomic mass is 9.92. The maximum absolute atomic E-state index is 11.3. The van der Waals surface area contributed by atoms with E-state index in [0.29, 0.717) is 24.2 Å². The molecule has 1 aliphatic heterocycles. The SMILES string of the molecule is CC1CCC(C(N)=O)CN1CC(O)c1ccc(Cl)cc1. The largest absolute Gasteiger partial charge is 0.387 e. The van der Waals surface area contributed by atoms with E-state index in [9.17, 15) is 9.90 Å². The highest BCUT2D eigenvalue weighted by Gasteiger charge is 2.29. The summed E-state index contributed by atoms with van der Waals surface area (Å²) < 4.78 is 0. The van der Waals surface area contributed by atoms with E-state index in [1.54, 1.807) is 12.1 Å². The van der Waals surface area contributed by atoms with E-state index in [0.717, 1.165) is 18.4 Å². The van der Waals surface area contributed by atoms with E-state index in [2.05, 4.69) is 11.8 Å². The molecule has 1 heterocycles. The topological polar surface area (TPSA) is 66.6 Å². The van der Waals surface area contributed by atoms with Gasteiger partial charge in [0.25, 0.3) is 0 Å². The van der Waals surface area contributed by atoms with Crippen molar-refractivity contribution in [2.45, 2.75) is 31.9 Å². The Kier molecular flexibility index (Phi) is 5.02. The number of rotatable bonds is 4. The molecule has 0 bridgehead atoms. The van der Waals surface area contributed by atoms with Crippen LogP contribution in [0.2, 0.25) is 5.02 Å². The number of likely N-dealkylation sites (tertiary alicyclic amines) is 1. The van der Waals surface area contributed by atoms with Crippen molar-refractivity contribution in [3.63, 3.8) is 0 Å². The van der Waals surface area contributed by atoms with Gasteiger partial charge >= 0.3 is 0 Å². The van der Waals surface area contributed by atoms with Crippen molar-refractivity contribution in [1.82, 2.24) is 4.90 Å². The highest BCUT2D eigenvalue weighted by Crippen LogP contribution is 2.25. The number of β-amino-alcohol motifs (C(OH)–C–C–N with tert-alkyl or cyclic N) is 1. The van der Waals surface area contributed by atoms with Crippen LogP contribution >= 0.6 is 11.6 Å². The van der Waals surface area contributed by atoms with Crippen LogP contribution in [-0.2, 0) is 4.79 Å². The number of halogens is 1. The standard InChI is InChI=1S/C15H21ClN2O2/c1-10-2-3-12(15(17)20)8-18(10)9-14(19)11-4-6-13(16)7-5-11/h4-7,10,12,14,19H,2-3,8-9H2,1H3,(H2,17,20). The Bertz CT molecular complexity index is 463. The second kappa shape index (κ2) is 6.57. The van der Waals surface area contributed by atoms with E-state index in [4.69, 9.17) is 17.3 Å². The van der Waals surface area contributed by atoms with Crippen molar-refractivity contribution in [3.8, 4) is 0 Å².